The van der Waals surface area contributed by atoms with Crippen LogP contribution in [0, 0.1) is 0 Å². The standard InChI is InChI=1S/C10H11N5O2/c1-15-6-7(11-14-15)5-9(16)8-3-4-10(17-2)13-12-8/h3-4,6H,5H2,1-2H3. The van der Waals surface area contributed by atoms with Gasteiger partial charge >= 0.3 is 0 Å². The molecule has 2 heterocycles. The quantitative estimate of drug-likeness (QED) is 0.693. The fourth-order valence-electron chi connectivity index (χ4n) is 1.31. The average Bonchev–Trinajstić information content (AvgIpc) is 2.75. The molecule has 0 N–H and O–H groups in total. The number of hydrogen-bond acceptors (Lipinski definition) is 6. The van der Waals surface area contributed by atoms with Crippen molar-refractivity contribution in [2.75, 3.05) is 7.11 Å². The Morgan fingerprint density at radius 3 is 2.71 bits per heavy atom. The van der Waals surface area contributed by atoms with Crippen LogP contribution in [-0.2, 0) is 13.5 Å². The molecule has 0 spiro atoms. The molecule has 7 nitrogen and oxygen atoms in total. The van der Waals surface area contributed by atoms with Gasteiger partial charge in [0.05, 0.1) is 19.2 Å². The first kappa shape index (κ1) is 11.2. The fraction of sp³-hybridized carbons (Fsp3) is 0.300. The van der Waals surface area contributed by atoms with Crippen LogP contribution in [0.1, 0.15) is 16.2 Å². The predicted octanol–water partition coefficient (Wildman–Crippen LogP) is 0.0391. The lowest BCUT2D eigenvalue weighted by Crippen LogP contribution is -2.07. The maximum atomic E-state index is 11.8. The number of carbonyl (C=O) groups excluding carboxylic acids is 1. The van der Waals surface area contributed by atoms with Crippen LogP contribution in [0.4, 0.5) is 0 Å². The molecule has 0 aromatic carbocycles. The summed E-state index contributed by atoms with van der Waals surface area (Å²) in [6.45, 7) is 0. The van der Waals surface area contributed by atoms with Gasteiger partial charge in [-0.2, -0.15) is 0 Å². The highest BCUT2D eigenvalue weighted by Gasteiger charge is 2.11. The predicted molar refractivity (Wildman–Crippen MR) is 57.6 cm³/mol. The average molecular weight is 233 g/mol. The van der Waals surface area contributed by atoms with E-state index in [1.165, 1.54) is 7.11 Å². The molecule has 2 aromatic rings. The summed E-state index contributed by atoms with van der Waals surface area (Å²) in [6, 6.07) is 3.17. The van der Waals surface area contributed by atoms with E-state index in [0.29, 0.717) is 11.6 Å². The highest BCUT2D eigenvalue weighted by Crippen LogP contribution is 2.06. The third kappa shape index (κ3) is 2.63. The van der Waals surface area contributed by atoms with E-state index < -0.39 is 0 Å². The van der Waals surface area contributed by atoms with Gasteiger partial charge < -0.3 is 4.74 Å². The molecule has 0 aliphatic carbocycles. The summed E-state index contributed by atoms with van der Waals surface area (Å²) >= 11 is 0. The van der Waals surface area contributed by atoms with Crippen molar-refractivity contribution < 1.29 is 9.53 Å². The third-order valence-corrected chi connectivity index (χ3v) is 2.13. The Hall–Kier alpha value is -2.31. The number of ether oxygens (including phenoxy) is 1. The SMILES string of the molecule is COc1ccc(C(=O)Cc2cn(C)nn2)nn1. The van der Waals surface area contributed by atoms with E-state index in [0.717, 1.165) is 0 Å². The highest BCUT2D eigenvalue weighted by atomic mass is 16.5. The third-order valence-electron chi connectivity index (χ3n) is 2.13. The zero-order chi connectivity index (χ0) is 12.3. The number of carbonyl (C=O) groups is 1. The molecule has 0 aliphatic rings. The van der Waals surface area contributed by atoms with Gasteiger partial charge in [-0.25, -0.2) is 0 Å². The van der Waals surface area contributed by atoms with E-state index in [9.17, 15) is 4.79 Å². The minimum atomic E-state index is -0.152. The largest absolute Gasteiger partial charge is 0.480 e. The monoisotopic (exact) mass is 233 g/mol. The van der Waals surface area contributed by atoms with Crippen LogP contribution in [0.25, 0.3) is 0 Å². The van der Waals surface area contributed by atoms with Gasteiger partial charge in [-0.1, -0.05) is 5.21 Å². The Bertz CT molecular complexity index is 520. The lowest BCUT2D eigenvalue weighted by atomic mass is 10.2. The Balaban J connectivity index is 2.09. The molecule has 0 radical (unpaired) electrons. The molecule has 0 saturated carbocycles. The number of ketones is 1. The van der Waals surface area contributed by atoms with Crippen molar-refractivity contribution in [2.45, 2.75) is 6.42 Å². The summed E-state index contributed by atoms with van der Waals surface area (Å²) in [6.07, 6.45) is 1.85. The lowest BCUT2D eigenvalue weighted by Gasteiger charge is -1.98. The van der Waals surface area contributed by atoms with Gasteiger partial charge in [0, 0.05) is 19.3 Å². The van der Waals surface area contributed by atoms with Crippen molar-refractivity contribution in [1.82, 2.24) is 25.2 Å². The van der Waals surface area contributed by atoms with Crippen LogP contribution < -0.4 is 4.74 Å². The van der Waals surface area contributed by atoms with Crippen LogP contribution in [0.5, 0.6) is 5.88 Å². The van der Waals surface area contributed by atoms with Crippen LogP contribution >= 0.6 is 0 Å². The number of rotatable bonds is 4. The molecule has 2 rings (SSSR count). The molecule has 2 aromatic heterocycles. The Morgan fingerprint density at radius 1 is 1.35 bits per heavy atom. The number of aryl methyl sites for hydroxylation is 1. The normalized spacial score (nSPS) is 10.2. The Kier molecular flexibility index (Phi) is 3.08. The molecule has 0 amide bonds. The zero-order valence-corrected chi connectivity index (χ0v) is 9.49. The molecule has 0 saturated heterocycles. The molecule has 0 bridgehead atoms. The van der Waals surface area contributed by atoms with Crippen molar-refractivity contribution in [1.29, 1.82) is 0 Å². The second kappa shape index (κ2) is 4.69. The minimum absolute atomic E-state index is 0.152. The van der Waals surface area contributed by atoms with Crippen LogP contribution in [0.3, 0.4) is 0 Å². The van der Waals surface area contributed by atoms with Gasteiger partial charge in [0.2, 0.25) is 5.88 Å². The number of Topliss-reactive ketones (excluding diaryl/α,β-unsaturated/α-hetero) is 1. The number of nitrogens with zero attached hydrogens (tertiary/aromatic N) is 5. The van der Waals surface area contributed by atoms with E-state index in [1.54, 1.807) is 30.1 Å². The van der Waals surface area contributed by atoms with Crippen LogP contribution in [0.2, 0.25) is 0 Å². The van der Waals surface area contributed by atoms with E-state index in [1.807, 2.05) is 0 Å². The highest BCUT2D eigenvalue weighted by molar-refractivity contribution is 5.95. The number of methoxy groups -OCH3 is 1. The Morgan fingerprint density at radius 2 is 2.18 bits per heavy atom. The van der Waals surface area contributed by atoms with Crippen molar-refractivity contribution in [2.24, 2.45) is 7.05 Å². The molecule has 7 heteroatoms. The van der Waals surface area contributed by atoms with Crippen molar-refractivity contribution >= 4 is 5.78 Å². The van der Waals surface area contributed by atoms with E-state index in [4.69, 9.17) is 4.74 Å². The van der Waals surface area contributed by atoms with Crippen molar-refractivity contribution in [3.05, 3.63) is 29.7 Å². The smallest absolute Gasteiger partial charge is 0.233 e. The lowest BCUT2D eigenvalue weighted by molar-refractivity contribution is 0.0986. The summed E-state index contributed by atoms with van der Waals surface area (Å²) in [5.41, 5.74) is 0.895. The second-order valence-corrected chi connectivity index (χ2v) is 3.44. The summed E-state index contributed by atoms with van der Waals surface area (Å²) in [4.78, 5) is 11.8. The van der Waals surface area contributed by atoms with Crippen LogP contribution in [-0.4, -0.2) is 38.1 Å². The van der Waals surface area contributed by atoms with E-state index >= 15 is 0 Å². The topological polar surface area (TPSA) is 82.8 Å². The molecule has 17 heavy (non-hydrogen) atoms. The van der Waals surface area contributed by atoms with Gasteiger partial charge in [-0.3, -0.25) is 9.48 Å². The zero-order valence-electron chi connectivity index (χ0n) is 9.49. The summed E-state index contributed by atoms with van der Waals surface area (Å²) in [5.74, 6) is 0.224. The first-order valence-corrected chi connectivity index (χ1v) is 4.95. The molecule has 0 fully saturated rings. The number of aromatic nitrogens is 5. The van der Waals surface area contributed by atoms with Gasteiger partial charge in [0.25, 0.3) is 0 Å². The maximum absolute atomic E-state index is 11.8. The molecule has 0 aliphatic heterocycles. The minimum Gasteiger partial charge on any atom is -0.480 e. The number of hydrogen-bond donors (Lipinski definition) is 0. The first-order valence-electron chi connectivity index (χ1n) is 4.95. The van der Waals surface area contributed by atoms with Crippen LogP contribution in [0.15, 0.2) is 18.3 Å². The molecular formula is C10H11N5O2. The molecule has 0 unspecified atom stereocenters. The van der Waals surface area contributed by atoms with Crippen molar-refractivity contribution in [3.8, 4) is 5.88 Å². The van der Waals surface area contributed by atoms with Crippen molar-refractivity contribution in [3.63, 3.8) is 0 Å². The van der Waals surface area contributed by atoms with Gasteiger partial charge in [-0.15, -0.1) is 15.3 Å². The first-order chi connectivity index (χ1) is 8.19. The molecule has 0 atom stereocenters. The van der Waals surface area contributed by atoms with Gasteiger partial charge in [0.15, 0.2) is 5.78 Å². The molecular weight excluding hydrogens is 222 g/mol. The maximum Gasteiger partial charge on any atom is 0.233 e. The van der Waals surface area contributed by atoms with Gasteiger partial charge in [-0.05, 0) is 6.07 Å². The summed E-state index contributed by atoms with van der Waals surface area (Å²) in [7, 11) is 3.24. The van der Waals surface area contributed by atoms with E-state index in [2.05, 4.69) is 20.5 Å². The van der Waals surface area contributed by atoms with E-state index in [-0.39, 0.29) is 17.9 Å². The fourth-order valence-corrected chi connectivity index (χ4v) is 1.31. The molecule has 88 valence electrons. The summed E-state index contributed by atoms with van der Waals surface area (Å²) in [5, 5.41) is 15.1. The summed E-state index contributed by atoms with van der Waals surface area (Å²) < 4.78 is 6.40. The second-order valence-electron chi connectivity index (χ2n) is 3.44. The van der Waals surface area contributed by atoms with Gasteiger partial charge in [0.1, 0.15) is 5.69 Å². The Labute approximate surface area is 97.4 Å².